The molecule has 3 rings (SSSR count). The van der Waals surface area contributed by atoms with E-state index in [4.69, 9.17) is 9.47 Å². The molecule has 0 amide bonds. The predicted molar refractivity (Wildman–Crippen MR) is 56.4 cm³/mol. The predicted octanol–water partition coefficient (Wildman–Crippen LogP) is -0.504. The summed E-state index contributed by atoms with van der Waals surface area (Å²) in [6, 6.07) is -0.0375. The van der Waals surface area contributed by atoms with Crippen LogP contribution in [0.25, 0.3) is 0 Å². The summed E-state index contributed by atoms with van der Waals surface area (Å²) in [4.78, 5) is 0. The molecule has 3 heterocycles. The fourth-order valence-corrected chi connectivity index (χ4v) is 2.49. The smallest absolute Gasteiger partial charge is 0.154 e. The van der Waals surface area contributed by atoms with Gasteiger partial charge in [0.1, 0.15) is 24.4 Å². The standard InChI is InChI=1S/C10H16N4O3/c1-5(2)10-11-12-13-14(10)6-3-16-9-7(15)4-17-8(6)9/h5-9,15H,3-4H2,1-2H3/t6-,7+,8+,9+/m0/s1. The third kappa shape index (κ3) is 1.65. The molecule has 0 aromatic carbocycles. The maximum absolute atomic E-state index is 9.68. The number of nitrogens with zero attached hydrogens (tertiary/aromatic N) is 4. The lowest BCUT2D eigenvalue weighted by molar-refractivity contribution is 0.0168. The first-order chi connectivity index (χ1) is 8.18. The van der Waals surface area contributed by atoms with E-state index in [-0.39, 0.29) is 24.2 Å². The van der Waals surface area contributed by atoms with Crippen molar-refractivity contribution in [2.45, 2.75) is 44.1 Å². The van der Waals surface area contributed by atoms with Gasteiger partial charge in [-0.2, -0.15) is 0 Å². The van der Waals surface area contributed by atoms with E-state index in [1.807, 2.05) is 13.8 Å². The summed E-state index contributed by atoms with van der Waals surface area (Å²) in [5, 5.41) is 21.4. The summed E-state index contributed by atoms with van der Waals surface area (Å²) >= 11 is 0. The van der Waals surface area contributed by atoms with E-state index in [1.54, 1.807) is 4.68 Å². The highest BCUT2D eigenvalue weighted by Crippen LogP contribution is 2.34. The molecule has 2 fully saturated rings. The number of aliphatic hydroxyl groups is 1. The Morgan fingerprint density at radius 2 is 2.06 bits per heavy atom. The van der Waals surface area contributed by atoms with Gasteiger partial charge in [0.2, 0.25) is 0 Å². The van der Waals surface area contributed by atoms with Crippen molar-refractivity contribution in [3.05, 3.63) is 5.82 Å². The van der Waals surface area contributed by atoms with Gasteiger partial charge >= 0.3 is 0 Å². The van der Waals surface area contributed by atoms with Crippen LogP contribution in [0.15, 0.2) is 0 Å². The molecule has 1 aromatic rings. The lowest BCUT2D eigenvalue weighted by Crippen LogP contribution is -2.31. The maximum atomic E-state index is 9.68. The average Bonchev–Trinajstić information content (AvgIpc) is 2.95. The highest BCUT2D eigenvalue weighted by Gasteiger charge is 2.49. The quantitative estimate of drug-likeness (QED) is 0.750. The Balaban J connectivity index is 1.88. The molecule has 0 spiro atoms. The van der Waals surface area contributed by atoms with E-state index in [0.717, 1.165) is 5.82 Å². The number of aliphatic hydroxyl groups excluding tert-OH is 1. The fraction of sp³-hybridized carbons (Fsp3) is 0.900. The SMILES string of the molecule is CC(C)c1nnnn1[C@H]1CO[C@H]2[C@@H]1OC[C@H]2O. The lowest BCUT2D eigenvalue weighted by Gasteiger charge is -2.17. The molecule has 0 aliphatic carbocycles. The highest BCUT2D eigenvalue weighted by molar-refractivity contribution is 5.00. The molecular formula is C10H16N4O3. The van der Waals surface area contributed by atoms with E-state index in [1.165, 1.54) is 0 Å². The van der Waals surface area contributed by atoms with Gasteiger partial charge in [-0.1, -0.05) is 13.8 Å². The second-order valence-electron chi connectivity index (χ2n) is 4.87. The van der Waals surface area contributed by atoms with E-state index < -0.39 is 6.10 Å². The van der Waals surface area contributed by atoms with Crippen LogP contribution >= 0.6 is 0 Å². The topological polar surface area (TPSA) is 82.3 Å². The van der Waals surface area contributed by atoms with Crippen LogP contribution in [-0.4, -0.2) is 56.8 Å². The first kappa shape index (κ1) is 11.1. The fourth-order valence-electron chi connectivity index (χ4n) is 2.49. The zero-order chi connectivity index (χ0) is 12.0. The van der Waals surface area contributed by atoms with Gasteiger partial charge in [-0.25, -0.2) is 4.68 Å². The highest BCUT2D eigenvalue weighted by atomic mass is 16.6. The Morgan fingerprint density at radius 1 is 1.29 bits per heavy atom. The largest absolute Gasteiger partial charge is 0.388 e. The second-order valence-corrected chi connectivity index (χ2v) is 4.87. The second kappa shape index (κ2) is 4.01. The molecule has 1 aromatic heterocycles. The van der Waals surface area contributed by atoms with Gasteiger partial charge in [-0.15, -0.1) is 5.10 Å². The molecule has 2 saturated heterocycles. The van der Waals surface area contributed by atoms with Crippen molar-refractivity contribution in [2.24, 2.45) is 0 Å². The van der Waals surface area contributed by atoms with Crippen molar-refractivity contribution in [2.75, 3.05) is 13.2 Å². The summed E-state index contributed by atoms with van der Waals surface area (Å²) in [7, 11) is 0. The molecule has 17 heavy (non-hydrogen) atoms. The van der Waals surface area contributed by atoms with Gasteiger partial charge < -0.3 is 14.6 Å². The number of tetrazole rings is 1. The molecule has 4 atom stereocenters. The first-order valence-electron chi connectivity index (χ1n) is 5.87. The number of hydrogen-bond acceptors (Lipinski definition) is 6. The van der Waals surface area contributed by atoms with Crippen LogP contribution in [0.4, 0.5) is 0 Å². The Bertz CT molecular complexity index is 408. The molecular weight excluding hydrogens is 224 g/mol. The summed E-state index contributed by atoms with van der Waals surface area (Å²) in [5.74, 6) is 1.07. The summed E-state index contributed by atoms with van der Waals surface area (Å²) in [6.45, 7) is 4.89. The third-order valence-electron chi connectivity index (χ3n) is 3.35. The van der Waals surface area contributed by atoms with Crippen molar-refractivity contribution in [3.63, 3.8) is 0 Å². The Morgan fingerprint density at radius 3 is 2.82 bits per heavy atom. The molecule has 2 aliphatic heterocycles. The molecule has 0 saturated carbocycles. The van der Waals surface area contributed by atoms with Crippen LogP contribution in [0.2, 0.25) is 0 Å². The average molecular weight is 240 g/mol. The molecule has 2 aliphatic rings. The maximum Gasteiger partial charge on any atom is 0.154 e. The van der Waals surface area contributed by atoms with Crippen molar-refractivity contribution in [3.8, 4) is 0 Å². The van der Waals surface area contributed by atoms with E-state index in [9.17, 15) is 5.11 Å². The van der Waals surface area contributed by atoms with Crippen molar-refractivity contribution in [1.29, 1.82) is 0 Å². The molecule has 0 unspecified atom stereocenters. The van der Waals surface area contributed by atoms with Gasteiger partial charge in [0.25, 0.3) is 0 Å². The van der Waals surface area contributed by atoms with Crippen LogP contribution in [-0.2, 0) is 9.47 Å². The monoisotopic (exact) mass is 240 g/mol. The van der Waals surface area contributed by atoms with Crippen molar-refractivity contribution in [1.82, 2.24) is 20.2 Å². The zero-order valence-corrected chi connectivity index (χ0v) is 9.85. The minimum absolute atomic E-state index is 0.0375. The van der Waals surface area contributed by atoms with Gasteiger partial charge in [-0.3, -0.25) is 0 Å². The number of aromatic nitrogens is 4. The Labute approximate surface area is 98.7 Å². The van der Waals surface area contributed by atoms with Crippen LogP contribution in [0.5, 0.6) is 0 Å². The van der Waals surface area contributed by atoms with Crippen LogP contribution in [0.1, 0.15) is 31.6 Å². The first-order valence-corrected chi connectivity index (χ1v) is 5.87. The molecule has 7 nitrogen and oxygen atoms in total. The number of ether oxygens (including phenoxy) is 2. The van der Waals surface area contributed by atoms with Gasteiger partial charge in [-0.05, 0) is 10.4 Å². The normalized spacial score (nSPS) is 36.7. The Kier molecular flexibility index (Phi) is 2.61. The number of rotatable bonds is 2. The zero-order valence-electron chi connectivity index (χ0n) is 9.85. The van der Waals surface area contributed by atoms with E-state index in [2.05, 4.69) is 15.5 Å². The molecule has 0 bridgehead atoms. The van der Waals surface area contributed by atoms with Gasteiger partial charge in [0, 0.05) is 5.92 Å². The Hall–Kier alpha value is -1.05. The molecule has 0 radical (unpaired) electrons. The number of hydrogen-bond donors (Lipinski definition) is 1. The minimum Gasteiger partial charge on any atom is -0.388 e. The van der Waals surface area contributed by atoms with E-state index in [0.29, 0.717) is 13.2 Å². The summed E-state index contributed by atoms with van der Waals surface area (Å²) in [5.41, 5.74) is 0. The molecule has 94 valence electrons. The molecule has 1 N–H and O–H groups in total. The van der Waals surface area contributed by atoms with Crippen LogP contribution < -0.4 is 0 Å². The molecule has 7 heteroatoms. The van der Waals surface area contributed by atoms with Crippen LogP contribution in [0, 0.1) is 0 Å². The van der Waals surface area contributed by atoms with Gasteiger partial charge in [0.05, 0.1) is 13.2 Å². The van der Waals surface area contributed by atoms with Gasteiger partial charge in [0.15, 0.2) is 5.82 Å². The number of fused-ring (bicyclic) bond motifs is 1. The van der Waals surface area contributed by atoms with Crippen LogP contribution in [0.3, 0.4) is 0 Å². The third-order valence-corrected chi connectivity index (χ3v) is 3.35. The summed E-state index contributed by atoms with van der Waals surface area (Å²) in [6.07, 6.45) is -0.931. The summed E-state index contributed by atoms with van der Waals surface area (Å²) < 4.78 is 12.9. The van der Waals surface area contributed by atoms with Crippen molar-refractivity contribution >= 4 is 0 Å². The minimum atomic E-state index is -0.538. The van der Waals surface area contributed by atoms with Crippen molar-refractivity contribution < 1.29 is 14.6 Å². The lowest BCUT2D eigenvalue weighted by atomic mass is 10.1. The van der Waals surface area contributed by atoms with E-state index >= 15 is 0 Å².